The standard InChI is InChI=1S/C48H30O/c1-3-12-31(13-4-1)38-20-11-21-44-48(38)43-27-26-36(30-45(43)49-44)34-22-23-35-29-37(25-24-33(35)28-34)47-41-18-9-7-16-39(41)46(32-14-5-2-6-15-32)40-17-8-10-19-42(40)47/h1-30H/i2D,5D,6D,7D,8D,9D,10D,14D,15D,16D,17D,18D,19D. The molecule has 10 aromatic rings. The first-order valence-electron chi connectivity index (χ1n) is 22.3. The van der Waals surface area contributed by atoms with E-state index in [1.165, 1.54) is 0 Å². The SMILES string of the molecule is [2H]c1c([2H])c([2H])c(-c2c3c([2H])c([2H])c([2H])c([2H])c3c(-c3ccc4cc(-c5ccc6c(c5)oc5cccc(-c7ccccc7)c56)ccc4c3)c3c([2H])c([2H])c([2H])c([2H])c23)c([2H])c1[2H]. The summed E-state index contributed by atoms with van der Waals surface area (Å²) in [6.07, 6.45) is 0. The Hall–Kier alpha value is -6.44. The lowest BCUT2D eigenvalue weighted by atomic mass is 9.85. The van der Waals surface area contributed by atoms with Crippen molar-refractivity contribution >= 4 is 54.3 Å². The third-order valence-electron chi connectivity index (χ3n) is 9.17. The van der Waals surface area contributed by atoms with E-state index >= 15 is 0 Å². The number of hydrogen-bond donors (Lipinski definition) is 0. The summed E-state index contributed by atoms with van der Waals surface area (Å²) in [5.41, 5.74) is 5.19. The number of benzene rings is 9. The number of furan rings is 1. The molecular formula is C48H30O. The molecule has 1 nitrogen and oxygen atoms in total. The van der Waals surface area contributed by atoms with Crippen molar-refractivity contribution < 1.29 is 22.2 Å². The van der Waals surface area contributed by atoms with Gasteiger partial charge in [0, 0.05) is 10.8 Å². The summed E-state index contributed by atoms with van der Waals surface area (Å²) in [6, 6.07) is 25.2. The van der Waals surface area contributed by atoms with Crippen LogP contribution in [0.25, 0.3) is 98.8 Å². The molecule has 0 unspecified atom stereocenters. The van der Waals surface area contributed by atoms with Gasteiger partial charge in [-0.1, -0.05) is 151 Å². The molecule has 1 heterocycles. The monoisotopic (exact) mass is 635 g/mol. The third kappa shape index (κ3) is 4.47. The van der Waals surface area contributed by atoms with Gasteiger partial charge in [-0.3, -0.25) is 0 Å². The van der Waals surface area contributed by atoms with Crippen molar-refractivity contribution in [2.24, 2.45) is 0 Å². The quantitative estimate of drug-likeness (QED) is 0.175. The van der Waals surface area contributed by atoms with Crippen LogP contribution in [-0.4, -0.2) is 0 Å². The van der Waals surface area contributed by atoms with Gasteiger partial charge in [-0.2, -0.15) is 0 Å². The van der Waals surface area contributed by atoms with Gasteiger partial charge in [0.2, 0.25) is 0 Å². The molecule has 0 N–H and O–H groups in total. The van der Waals surface area contributed by atoms with Gasteiger partial charge >= 0.3 is 0 Å². The van der Waals surface area contributed by atoms with E-state index < -0.39 is 84.1 Å². The first-order chi connectivity index (χ1) is 29.7. The highest BCUT2D eigenvalue weighted by atomic mass is 16.3. The molecule has 0 bridgehead atoms. The molecule has 49 heavy (non-hydrogen) atoms. The summed E-state index contributed by atoms with van der Waals surface area (Å²) in [6.45, 7) is 0. The van der Waals surface area contributed by atoms with Gasteiger partial charge in [0.1, 0.15) is 11.2 Å². The molecule has 0 fully saturated rings. The van der Waals surface area contributed by atoms with Gasteiger partial charge in [0.15, 0.2) is 0 Å². The maximum absolute atomic E-state index is 9.24. The number of hydrogen-bond acceptors (Lipinski definition) is 1. The summed E-state index contributed by atoms with van der Waals surface area (Å²) >= 11 is 0. The largest absolute Gasteiger partial charge is 0.456 e. The number of rotatable bonds is 4. The van der Waals surface area contributed by atoms with Crippen molar-refractivity contribution in [3.63, 3.8) is 0 Å². The van der Waals surface area contributed by atoms with Gasteiger partial charge in [0.25, 0.3) is 0 Å². The minimum atomic E-state index is -0.711. The van der Waals surface area contributed by atoms with Crippen LogP contribution >= 0.6 is 0 Å². The normalized spacial score (nSPS) is 15.4. The van der Waals surface area contributed by atoms with Crippen LogP contribution in [0.3, 0.4) is 0 Å². The van der Waals surface area contributed by atoms with Crippen LogP contribution < -0.4 is 0 Å². The Morgan fingerprint density at radius 1 is 0.367 bits per heavy atom. The van der Waals surface area contributed by atoms with Crippen LogP contribution in [-0.2, 0) is 0 Å². The molecule has 10 rings (SSSR count). The molecule has 0 saturated heterocycles. The zero-order chi connectivity index (χ0) is 43.6. The fourth-order valence-corrected chi connectivity index (χ4v) is 6.98. The summed E-state index contributed by atoms with van der Waals surface area (Å²) in [7, 11) is 0. The van der Waals surface area contributed by atoms with Crippen molar-refractivity contribution in [2.75, 3.05) is 0 Å². The van der Waals surface area contributed by atoms with Crippen molar-refractivity contribution in [1.82, 2.24) is 0 Å². The minimum Gasteiger partial charge on any atom is -0.456 e. The third-order valence-corrected chi connectivity index (χ3v) is 9.17. The summed E-state index contributed by atoms with van der Waals surface area (Å²) < 4.78 is 121. The Morgan fingerprint density at radius 2 is 0.939 bits per heavy atom. The highest BCUT2D eigenvalue weighted by Crippen LogP contribution is 2.44. The summed E-state index contributed by atoms with van der Waals surface area (Å²) in [5, 5.41) is 2.83. The van der Waals surface area contributed by atoms with E-state index in [2.05, 4.69) is 24.3 Å². The zero-order valence-corrected chi connectivity index (χ0v) is 25.7. The lowest BCUT2D eigenvalue weighted by Gasteiger charge is -2.18. The van der Waals surface area contributed by atoms with E-state index in [-0.39, 0.29) is 32.7 Å². The van der Waals surface area contributed by atoms with Crippen LogP contribution in [0.2, 0.25) is 0 Å². The van der Waals surface area contributed by atoms with Gasteiger partial charge < -0.3 is 4.42 Å². The molecular weight excluding hydrogens is 593 g/mol. The number of fused-ring (bicyclic) bond motifs is 6. The van der Waals surface area contributed by atoms with Crippen molar-refractivity contribution in [1.29, 1.82) is 0 Å². The molecule has 228 valence electrons. The molecule has 0 amide bonds. The van der Waals surface area contributed by atoms with Crippen LogP contribution in [0.15, 0.2) is 186 Å². The second kappa shape index (κ2) is 11.1. The first-order valence-corrected chi connectivity index (χ1v) is 15.8. The van der Waals surface area contributed by atoms with Gasteiger partial charge in [0.05, 0.1) is 17.8 Å². The van der Waals surface area contributed by atoms with Crippen LogP contribution in [0.1, 0.15) is 17.8 Å². The molecule has 0 aliphatic carbocycles. The van der Waals surface area contributed by atoms with Gasteiger partial charge in [-0.25, -0.2) is 0 Å². The molecule has 0 spiro atoms. The molecule has 0 aliphatic rings. The Morgan fingerprint density at radius 3 is 1.63 bits per heavy atom. The molecule has 0 atom stereocenters. The second-order valence-corrected chi connectivity index (χ2v) is 11.9. The van der Waals surface area contributed by atoms with Crippen LogP contribution in [0.5, 0.6) is 0 Å². The highest BCUT2D eigenvalue weighted by Gasteiger charge is 2.17. The second-order valence-electron chi connectivity index (χ2n) is 11.9. The molecule has 0 radical (unpaired) electrons. The maximum Gasteiger partial charge on any atom is 0.136 e. The molecule has 0 saturated carbocycles. The molecule has 0 aliphatic heterocycles. The Balaban J connectivity index is 1.22. The van der Waals surface area contributed by atoms with E-state index in [1.54, 1.807) is 12.1 Å². The van der Waals surface area contributed by atoms with E-state index in [0.717, 1.165) is 55.0 Å². The van der Waals surface area contributed by atoms with Crippen molar-refractivity contribution in [2.45, 2.75) is 0 Å². The average Bonchev–Trinajstić information content (AvgIpc) is 3.67. The Kier molecular flexibility index (Phi) is 3.99. The van der Waals surface area contributed by atoms with Gasteiger partial charge in [-0.05, 0) is 107 Å². The van der Waals surface area contributed by atoms with Crippen molar-refractivity contribution in [3.8, 4) is 44.5 Å². The summed E-state index contributed by atoms with van der Waals surface area (Å²) in [5.74, 6) is 0. The minimum absolute atomic E-state index is 0.0845. The zero-order valence-electron chi connectivity index (χ0n) is 38.7. The Labute approximate surface area is 302 Å². The van der Waals surface area contributed by atoms with Crippen LogP contribution in [0.4, 0.5) is 0 Å². The molecule has 1 aromatic heterocycles. The lowest BCUT2D eigenvalue weighted by Crippen LogP contribution is -1.90. The topological polar surface area (TPSA) is 13.1 Å². The molecule has 1 heteroatoms. The van der Waals surface area contributed by atoms with Crippen molar-refractivity contribution in [3.05, 3.63) is 182 Å². The van der Waals surface area contributed by atoms with E-state index in [1.807, 2.05) is 66.7 Å². The van der Waals surface area contributed by atoms with Crippen LogP contribution in [0, 0.1) is 0 Å². The first kappa shape index (κ1) is 17.6. The van der Waals surface area contributed by atoms with E-state index in [0.29, 0.717) is 5.56 Å². The lowest BCUT2D eigenvalue weighted by molar-refractivity contribution is 0.669. The van der Waals surface area contributed by atoms with E-state index in [4.69, 9.17) is 16.8 Å². The maximum atomic E-state index is 9.24. The fourth-order valence-electron chi connectivity index (χ4n) is 6.98. The fraction of sp³-hybridized carbons (Fsp3) is 0. The van der Waals surface area contributed by atoms with Gasteiger partial charge in [-0.15, -0.1) is 0 Å². The predicted octanol–water partition coefficient (Wildman–Crippen LogP) is 13.7. The summed E-state index contributed by atoms with van der Waals surface area (Å²) in [4.78, 5) is 0. The molecule has 9 aromatic carbocycles. The average molecular weight is 636 g/mol. The highest BCUT2D eigenvalue weighted by molar-refractivity contribution is 6.21. The predicted molar refractivity (Wildman–Crippen MR) is 208 cm³/mol. The van der Waals surface area contributed by atoms with E-state index in [9.17, 15) is 5.48 Å². The Bertz CT molecular complexity index is 3510. The smallest absolute Gasteiger partial charge is 0.136 e.